The highest BCUT2D eigenvalue weighted by Crippen LogP contribution is 2.26. The van der Waals surface area contributed by atoms with Crippen LogP contribution in [0.3, 0.4) is 0 Å². The smallest absolute Gasteiger partial charge is 0.243 e. The first kappa shape index (κ1) is 13.2. The summed E-state index contributed by atoms with van der Waals surface area (Å²) >= 11 is 6.13. The Labute approximate surface area is 106 Å². The fourth-order valence-corrected chi connectivity index (χ4v) is 2.30. The minimum atomic E-state index is -0.153. The van der Waals surface area contributed by atoms with Crippen molar-refractivity contribution in [2.24, 2.45) is 0 Å². The minimum absolute atomic E-state index is 0.153. The number of benzene rings is 1. The number of nitrogens with one attached hydrogen (secondary N) is 1. The molecule has 0 aliphatic carbocycles. The normalized spacial score (nSPS) is 9.88. The zero-order chi connectivity index (χ0) is 12.0. The summed E-state index contributed by atoms with van der Waals surface area (Å²) in [5.41, 5.74) is 1.07. The van der Waals surface area contributed by atoms with Gasteiger partial charge in [0, 0.05) is 16.3 Å². The van der Waals surface area contributed by atoms with Gasteiger partial charge in [0.15, 0.2) is 0 Å². The van der Waals surface area contributed by atoms with Gasteiger partial charge < -0.3 is 5.32 Å². The van der Waals surface area contributed by atoms with E-state index in [-0.39, 0.29) is 5.91 Å². The predicted molar refractivity (Wildman–Crippen MR) is 72.1 cm³/mol. The Morgan fingerprint density at radius 1 is 1.62 bits per heavy atom. The molecule has 4 heteroatoms. The molecule has 0 radical (unpaired) electrons. The molecule has 0 saturated carbocycles. The quantitative estimate of drug-likeness (QED) is 0.480. The summed E-state index contributed by atoms with van der Waals surface area (Å²) in [6, 6.07) is 5.97. The van der Waals surface area contributed by atoms with E-state index in [0.717, 1.165) is 21.1 Å². The largest absolute Gasteiger partial charge is 0.348 e. The molecule has 86 valence electrons. The highest BCUT2D eigenvalue weighted by atomic mass is 32.2. The van der Waals surface area contributed by atoms with Crippen molar-refractivity contribution in [3.63, 3.8) is 0 Å². The molecule has 0 heterocycles. The SMILES string of the molecule is C=CC(=O)NCc1ccc(S)c(SCC)c1. The Balaban J connectivity index is 2.70. The van der Waals surface area contributed by atoms with Crippen LogP contribution in [0.2, 0.25) is 0 Å². The number of thioether (sulfide) groups is 1. The van der Waals surface area contributed by atoms with Gasteiger partial charge in [0.1, 0.15) is 0 Å². The third kappa shape index (κ3) is 3.94. The summed E-state index contributed by atoms with van der Waals surface area (Å²) in [4.78, 5) is 13.1. The van der Waals surface area contributed by atoms with Gasteiger partial charge in [0.25, 0.3) is 0 Å². The lowest BCUT2D eigenvalue weighted by Crippen LogP contribution is -2.19. The van der Waals surface area contributed by atoms with E-state index in [1.54, 1.807) is 11.8 Å². The number of carbonyl (C=O) groups is 1. The monoisotopic (exact) mass is 253 g/mol. The highest BCUT2D eigenvalue weighted by molar-refractivity contribution is 7.99. The lowest BCUT2D eigenvalue weighted by molar-refractivity contribution is -0.116. The van der Waals surface area contributed by atoms with Gasteiger partial charge in [-0.15, -0.1) is 24.4 Å². The fraction of sp³-hybridized carbons (Fsp3) is 0.250. The van der Waals surface area contributed by atoms with E-state index < -0.39 is 0 Å². The van der Waals surface area contributed by atoms with Crippen molar-refractivity contribution in [3.8, 4) is 0 Å². The molecule has 0 saturated heterocycles. The molecule has 0 aliphatic rings. The number of amides is 1. The van der Waals surface area contributed by atoms with Crippen LogP contribution in [0.15, 0.2) is 40.6 Å². The molecule has 2 nitrogen and oxygen atoms in total. The fourth-order valence-electron chi connectivity index (χ4n) is 1.20. The van der Waals surface area contributed by atoms with Crippen molar-refractivity contribution in [2.45, 2.75) is 23.3 Å². The summed E-state index contributed by atoms with van der Waals surface area (Å²) < 4.78 is 0. The van der Waals surface area contributed by atoms with Gasteiger partial charge in [-0.1, -0.05) is 19.6 Å². The van der Waals surface area contributed by atoms with Gasteiger partial charge in [-0.05, 0) is 29.5 Å². The Kier molecular flexibility index (Phi) is 5.49. The van der Waals surface area contributed by atoms with Crippen LogP contribution in [0, 0.1) is 0 Å². The number of hydrogen-bond acceptors (Lipinski definition) is 3. The zero-order valence-electron chi connectivity index (χ0n) is 9.19. The van der Waals surface area contributed by atoms with E-state index in [1.807, 2.05) is 12.1 Å². The third-order valence-corrected chi connectivity index (χ3v) is 3.45. The topological polar surface area (TPSA) is 29.1 Å². The van der Waals surface area contributed by atoms with Crippen molar-refractivity contribution in [3.05, 3.63) is 36.4 Å². The number of carbonyl (C=O) groups excluding carboxylic acids is 1. The number of hydrogen-bond donors (Lipinski definition) is 2. The van der Waals surface area contributed by atoms with Crippen molar-refractivity contribution in [2.75, 3.05) is 5.75 Å². The lowest BCUT2D eigenvalue weighted by Gasteiger charge is -2.07. The molecular formula is C12H15NOS2. The Morgan fingerprint density at radius 3 is 3.00 bits per heavy atom. The standard InChI is InChI=1S/C12H15NOS2/c1-3-12(14)13-8-9-5-6-10(15)11(7-9)16-4-2/h3,5-7,15H,1,4,8H2,2H3,(H,13,14). The average Bonchev–Trinajstić information content (AvgIpc) is 2.30. The maximum absolute atomic E-state index is 11.0. The molecule has 0 unspecified atom stereocenters. The third-order valence-electron chi connectivity index (χ3n) is 1.98. The van der Waals surface area contributed by atoms with Crippen molar-refractivity contribution in [1.82, 2.24) is 5.32 Å². The first-order valence-electron chi connectivity index (χ1n) is 5.02. The zero-order valence-corrected chi connectivity index (χ0v) is 10.9. The maximum atomic E-state index is 11.0. The van der Waals surface area contributed by atoms with E-state index in [9.17, 15) is 4.79 Å². The second kappa shape index (κ2) is 6.66. The molecule has 1 N–H and O–H groups in total. The Hall–Kier alpha value is -0.870. The van der Waals surface area contributed by atoms with E-state index in [1.165, 1.54) is 6.08 Å². The van der Waals surface area contributed by atoms with Crippen LogP contribution >= 0.6 is 24.4 Å². The molecule has 0 aromatic heterocycles. The summed E-state index contributed by atoms with van der Waals surface area (Å²) in [6.07, 6.45) is 1.27. The van der Waals surface area contributed by atoms with E-state index in [0.29, 0.717) is 6.54 Å². The molecule has 0 spiro atoms. The summed E-state index contributed by atoms with van der Waals surface area (Å²) in [5, 5.41) is 2.75. The second-order valence-corrected chi connectivity index (χ2v) is 4.94. The van der Waals surface area contributed by atoms with Crippen LogP contribution in [-0.4, -0.2) is 11.7 Å². The lowest BCUT2D eigenvalue weighted by atomic mass is 10.2. The van der Waals surface area contributed by atoms with Crippen LogP contribution in [0.1, 0.15) is 12.5 Å². The summed E-state index contributed by atoms with van der Waals surface area (Å²) in [7, 11) is 0. The molecule has 1 aromatic rings. The highest BCUT2D eigenvalue weighted by Gasteiger charge is 2.02. The van der Waals surface area contributed by atoms with Crippen molar-refractivity contribution in [1.29, 1.82) is 0 Å². The Morgan fingerprint density at radius 2 is 2.38 bits per heavy atom. The van der Waals surface area contributed by atoms with Gasteiger partial charge in [0.05, 0.1) is 0 Å². The van der Waals surface area contributed by atoms with Crippen LogP contribution in [0.5, 0.6) is 0 Å². The van der Waals surface area contributed by atoms with Crippen LogP contribution in [-0.2, 0) is 11.3 Å². The maximum Gasteiger partial charge on any atom is 0.243 e. The average molecular weight is 253 g/mol. The predicted octanol–water partition coefficient (Wildman–Crippen LogP) is 2.89. The van der Waals surface area contributed by atoms with Gasteiger partial charge in [-0.3, -0.25) is 4.79 Å². The van der Waals surface area contributed by atoms with Gasteiger partial charge in [-0.2, -0.15) is 0 Å². The van der Waals surface area contributed by atoms with Crippen LogP contribution < -0.4 is 5.32 Å². The molecule has 1 aromatic carbocycles. The number of thiol groups is 1. The van der Waals surface area contributed by atoms with Crippen LogP contribution in [0.25, 0.3) is 0 Å². The van der Waals surface area contributed by atoms with E-state index in [4.69, 9.17) is 0 Å². The molecule has 1 amide bonds. The first-order chi connectivity index (χ1) is 7.67. The summed E-state index contributed by atoms with van der Waals surface area (Å²) in [6.45, 7) is 6.03. The molecule has 1 rings (SSSR count). The molecular weight excluding hydrogens is 238 g/mol. The molecule has 0 atom stereocenters. The second-order valence-electron chi connectivity index (χ2n) is 3.16. The molecule has 0 bridgehead atoms. The molecule has 16 heavy (non-hydrogen) atoms. The first-order valence-corrected chi connectivity index (χ1v) is 6.45. The van der Waals surface area contributed by atoms with Gasteiger partial charge in [0.2, 0.25) is 5.91 Å². The van der Waals surface area contributed by atoms with Crippen LogP contribution in [0.4, 0.5) is 0 Å². The molecule has 0 fully saturated rings. The Bertz CT molecular complexity index is 391. The molecule has 0 aliphatic heterocycles. The minimum Gasteiger partial charge on any atom is -0.348 e. The number of rotatable bonds is 5. The van der Waals surface area contributed by atoms with Gasteiger partial charge in [-0.25, -0.2) is 0 Å². The van der Waals surface area contributed by atoms with Gasteiger partial charge >= 0.3 is 0 Å². The summed E-state index contributed by atoms with van der Waals surface area (Å²) in [5.74, 6) is 0.857. The van der Waals surface area contributed by atoms with Crippen molar-refractivity contribution < 1.29 is 4.79 Å². The van der Waals surface area contributed by atoms with E-state index >= 15 is 0 Å². The van der Waals surface area contributed by atoms with Crippen molar-refractivity contribution >= 4 is 30.3 Å². The van der Waals surface area contributed by atoms with E-state index in [2.05, 4.69) is 37.5 Å².